The Morgan fingerprint density at radius 3 is 2.65 bits per heavy atom. The van der Waals surface area contributed by atoms with E-state index in [4.69, 9.17) is 5.14 Å². The first kappa shape index (κ1) is 20.0. The molecule has 1 fully saturated rings. The Labute approximate surface area is 179 Å². The molecule has 0 aromatic carbocycles. The number of aliphatic hydroxyl groups excluding tert-OH is 1. The number of fused-ring (bicyclic) bond motifs is 4. The van der Waals surface area contributed by atoms with Gasteiger partial charge in [0.2, 0.25) is 5.95 Å². The number of amides is 1. The average molecular weight is 443 g/mol. The number of hydrogen-bond donors (Lipinski definition) is 4. The van der Waals surface area contributed by atoms with Crippen LogP contribution < -0.4 is 10.5 Å². The number of nitrogens with one attached hydrogen (secondary N) is 1. The van der Waals surface area contributed by atoms with Gasteiger partial charge in [0.05, 0.1) is 17.6 Å². The molecule has 2 unspecified atom stereocenters. The highest BCUT2D eigenvalue weighted by molar-refractivity contribution is 7.82. The Bertz CT molecular complexity index is 1190. The first-order valence-electron chi connectivity index (χ1n) is 9.89. The number of carbonyl (C=O) groups excluding carboxylic acids is 1. The summed E-state index contributed by atoms with van der Waals surface area (Å²) in [7, 11) is -1.67. The fourth-order valence-corrected chi connectivity index (χ4v) is 4.89. The number of nitrogens with two attached hydrogens (primary N) is 1. The lowest BCUT2D eigenvalue weighted by Crippen LogP contribution is -2.56. The monoisotopic (exact) mass is 443 g/mol. The third-order valence-corrected chi connectivity index (χ3v) is 6.63. The van der Waals surface area contributed by atoms with Crippen LogP contribution in [0.5, 0.6) is 0 Å². The topological polar surface area (TPSA) is 159 Å². The summed E-state index contributed by atoms with van der Waals surface area (Å²) >= 11 is 0. The van der Waals surface area contributed by atoms with Crippen LogP contribution in [0.3, 0.4) is 0 Å². The van der Waals surface area contributed by atoms with E-state index < -0.39 is 28.7 Å². The van der Waals surface area contributed by atoms with Crippen molar-refractivity contribution in [1.29, 1.82) is 0 Å². The number of carbonyl (C=O) groups is 1. The summed E-state index contributed by atoms with van der Waals surface area (Å²) in [5, 5.41) is 30.5. The first-order chi connectivity index (χ1) is 14.9. The molecular weight excluding hydrogens is 422 g/mol. The maximum absolute atomic E-state index is 13.1. The molecule has 0 saturated heterocycles. The van der Waals surface area contributed by atoms with E-state index in [2.05, 4.69) is 20.3 Å². The SMILES string of the molecule is NS(=O)c1ccc(Nc2ncc3cc4n(c3n2)C2(CCCCC2)C(=O)N(O)C4O)cn1. The Kier molecular flexibility index (Phi) is 4.73. The van der Waals surface area contributed by atoms with Gasteiger partial charge >= 0.3 is 0 Å². The lowest BCUT2D eigenvalue weighted by Gasteiger charge is -2.45. The Morgan fingerprint density at radius 2 is 1.97 bits per heavy atom. The van der Waals surface area contributed by atoms with Crippen molar-refractivity contribution in [2.24, 2.45) is 5.14 Å². The molecule has 31 heavy (non-hydrogen) atoms. The molecule has 3 aromatic heterocycles. The van der Waals surface area contributed by atoms with Gasteiger partial charge in [-0.3, -0.25) is 10.0 Å². The number of aliphatic hydroxyl groups is 1. The molecule has 1 aliphatic carbocycles. The summed E-state index contributed by atoms with van der Waals surface area (Å²) in [6.07, 6.45) is 5.40. The lowest BCUT2D eigenvalue weighted by atomic mass is 9.79. The number of hydrogen-bond acceptors (Lipinski definition) is 8. The molecule has 3 aromatic rings. The van der Waals surface area contributed by atoms with Crippen molar-refractivity contribution in [2.75, 3.05) is 5.32 Å². The van der Waals surface area contributed by atoms with Crippen molar-refractivity contribution in [1.82, 2.24) is 24.6 Å². The van der Waals surface area contributed by atoms with Gasteiger partial charge in [0, 0.05) is 11.6 Å². The van der Waals surface area contributed by atoms with E-state index in [9.17, 15) is 19.3 Å². The van der Waals surface area contributed by atoms with Crippen molar-refractivity contribution in [3.8, 4) is 0 Å². The Morgan fingerprint density at radius 1 is 1.19 bits per heavy atom. The number of hydroxylamine groups is 2. The molecular formula is C19H21N7O4S. The van der Waals surface area contributed by atoms with E-state index in [1.54, 1.807) is 22.9 Å². The summed E-state index contributed by atoms with van der Waals surface area (Å²) in [4.78, 5) is 26.0. The molecule has 1 amide bonds. The zero-order chi connectivity index (χ0) is 21.8. The quantitative estimate of drug-likeness (QED) is 0.442. The van der Waals surface area contributed by atoms with E-state index in [1.165, 1.54) is 12.3 Å². The summed E-state index contributed by atoms with van der Waals surface area (Å²) in [5.74, 6) is -0.247. The highest BCUT2D eigenvalue weighted by Gasteiger charge is 2.51. The minimum Gasteiger partial charge on any atom is -0.366 e. The molecule has 1 spiro atoms. The minimum atomic E-state index is -1.67. The van der Waals surface area contributed by atoms with E-state index in [0.717, 1.165) is 19.3 Å². The fourth-order valence-electron chi connectivity index (χ4n) is 4.53. The van der Waals surface area contributed by atoms with Crippen LogP contribution in [0.1, 0.15) is 44.0 Å². The van der Waals surface area contributed by atoms with E-state index in [1.807, 2.05) is 0 Å². The Balaban J connectivity index is 1.60. The van der Waals surface area contributed by atoms with Crippen LogP contribution in [0.2, 0.25) is 0 Å². The highest BCUT2D eigenvalue weighted by Crippen LogP contribution is 2.45. The van der Waals surface area contributed by atoms with Crippen molar-refractivity contribution in [2.45, 2.75) is 48.9 Å². The van der Waals surface area contributed by atoms with Gasteiger partial charge in [0.25, 0.3) is 5.91 Å². The van der Waals surface area contributed by atoms with Crippen LogP contribution in [-0.2, 0) is 21.3 Å². The van der Waals surface area contributed by atoms with Crippen molar-refractivity contribution < 1.29 is 19.3 Å². The van der Waals surface area contributed by atoms with Crippen molar-refractivity contribution in [3.63, 3.8) is 0 Å². The van der Waals surface area contributed by atoms with Gasteiger partial charge < -0.3 is 15.0 Å². The molecule has 5 rings (SSSR count). The lowest BCUT2D eigenvalue weighted by molar-refractivity contribution is -0.228. The molecule has 0 radical (unpaired) electrons. The minimum absolute atomic E-state index is 0.253. The third-order valence-electron chi connectivity index (χ3n) is 5.98. The maximum Gasteiger partial charge on any atom is 0.275 e. The second kappa shape index (κ2) is 7.34. The van der Waals surface area contributed by atoms with Crippen molar-refractivity contribution in [3.05, 3.63) is 36.3 Å². The molecule has 5 N–H and O–H groups in total. The molecule has 2 atom stereocenters. The fraction of sp³-hybridized carbons (Fsp3) is 0.368. The zero-order valence-electron chi connectivity index (χ0n) is 16.4. The summed E-state index contributed by atoms with van der Waals surface area (Å²) in [5.41, 5.74) is 0.497. The van der Waals surface area contributed by atoms with Crippen LogP contribution in [0, 0.1) is 0 Å². The number of anilines is 2. The predicted octanol–water partition coefficient (Wildman–Crippen LogP) is 1.43. The predicted molar refractivity (Wildman–Crippen MR) is 110 cm³/mol. The van der Waals surface area contributed by atoms with Gasteiger partial charge in [-0.15, -0.1) is 0 Å². The second-order valence-electron chi connectivity index (χ2n) is 7.80. The van der Waals surface area contributed by atoms with Gasteiger partial charge in [0.15, 0.2) is 6.23 Å². The van der Waals surface area contributed by atoms with Crippen LogP contribution in [0.15, 0.2) is 35.6 Å². The second-order valence-corrected chi connectivity index (χ2v) is 8.81. The Hall–Kier alpha value is -2.93. The van der Waals surface area contributed by atoms with E-state index >= 15 is 0 Å². The van der Waals surface area contributed by atoms with Gasteiger partial charge in [0.1, 0.15) is 27.2 Å². The molecule has 162 valence electrons. The smallest absolute Gasteiger partial charge is 0.275 e. The first-order valence-corrected chi connectivity index (χ1v) is 11.1. The maximum atomic E-state index is 13.1. The number of pyridine rings is 1. The molecule has 11 nitrogen and oxygen atoms in total. The number of rotatable bonds is 3. The number of nitrogens with zero attached hydrogens (tertiary/aromatic N) is 5. The molecule has 0 bridgehead atoms. The summed E-state index contributed by atoms with van der Waals surface area (Å²) in [6, 6.07) is 4.90. The van der Waals surface area contributed by atoms with Gasteiger partial charge in [-0.1, -0.05) is 19.3 Å². The molecule has 4 heterocycles. The molecule has 1 aliphatic heterocycles. The van der Waals surface area contributed by atoms with Crippen LogP contribution in [0.25, 0.3) is 11.0 Å². The van der Waals surface area contributed by atoms with Crippen molar-refractivity contribution >= 4 is 39.6 Å². The van der Waals surface area contributed by atoms with E-state index in [-0.39, 0.29) is 11.0 Å². The largest absolute Gasteiger partial charge is 0.366 e. The zero-order valence-corrected chi connectivity index (χ0v) is 17.2. The molecule has 1 saturated carbocycles. The molecule has 12 heteroatoms. The standard InChI is InChI=1S/C19H21N7O4S/c20-31(30)14-5-4-12(10-21-14)23-18-22-9-11-8-13-16(27)26(29)17(28)19(6-2-1-3-7-19)25(13)15(11)24-18/h4-5,8-10,16,27,29H,1-3,6-7,20H2,(H,22,23,24). The van der Waals surface area contributed by atoms with Gasteiger partial charge in [-0.05, 0) is 31.0 Å². The van der Waals surface area contributed by atoms with E-state index in [0.29, 0.717) is 40.3 Å². The van der Waals surface area contributed by atoms with Gasteiger partial charge in [-0.25, -0.2) is 19.3 Å². The number of aromatic nitrogens is 4. The normalized spacial score (nSPS) is 21.3. The van der Waals surface area contributed by atoms with Crippen LogP contribution in [0.4, 0.5) is 11.6 Å². The molecule has 2 aliphatic rings. The average Bonchev–Trinajstić information content (AvgIpc) is 3.17. The summed E-state index contributed by atoms with van der Waals surface area (Å²) in [6.45, 7) is 0. The van der Waals surface area contributed by atoms with Gasteiger partial charge in [-0.2, -0.15) is 10.0 Å². The van der Waals surface area contributed by atoms with Crippen LogP contribution >= 0.6 is 0 Å². The highest BCUT2D eigenvalue weighted by atomic mass is 32.2. The third kappa shape index (κ3) is 3.10. The van der Waals surface area contributed by atoms with Crippen LogP contribution in [-0.4, -0.2) is 45.0 Å². The summed E-state index contributed by atoms with van der Waals surface area (Å²) < 4.78 is 13.1.